The third-order valence-electron chi connectivity index (χ3n) is 3.42. The molecule has 1 aliphatic rings. The maximum absolute atomic E-state index is 5.70. The molecule has 0 aromatic carbocycles. The maximum Gasteiger partial charge on any atom is 0.117 e. The molecule has 0 aliphatic heterocycles. The van der Waals surface area contributed by atoms with Gasteiger partial charge in [0.1, 0.15) is 11.5 Å². The average Bonchev–Trinajstić information content (AvgIpc) is 2.95. The summed E-state index contributed by atoms with van der Waals surface area (Å²) in [4.78, 5) is 0. The van der Waals surface area contributed by atoms with Crippen molar-refractivity contribution in [1.82, 2.24) is 5.32 Å². The van der Waals surface area contributed by atoms with Crippen LogP contribution in [-0.4, -0.2) is 17.0 Å². The summed E-state index contributed by atoms with van der Waals surface area (Å²) in [5.74, 6) is 3.41. The summed E-state index contributed by atoms with van der Waals surface area (Å²) in [6.07, 6.45) is 4.99. The minimum Gasteiger partial charge on any atom is -0.465 e. The summed E-state index contributed by atoms with van der Waals surface area (Å²) in [6, 6.07) is 4.87. The largest absolute Gasteiger partial charge is 0.465 e. The van der Waals surface area contributed by atoms with Crippen molar-refractivity contribution >= 4 is 11.8 Å². The van der Waals surface area contributed by atoms with Gasteiger partial charge in [-0.25, -0.2) is 0 Å². The summed E-state index contributed by atoms with van der Waals surface area (Å²) >= 11 is 2.11. The van der Waals surface area contributed by atoms with Gasteiger partial charge in [-0.2, -0.15) is 11.8 Å². The van der Waals surface area contributed by atoms with Gasteiger partial charge in [-0.15, -0.1) is 0 Å². The smallest absolute Gasteiger partial charge is 0.117 e. The predicted molar refractivity (Wildman–Crippen MR) is 74.5 cm³/mol. The van der Waals surface area contributed by atoms with Gasteiger partial charge in [0.05, 0.1) is 6.54 Å². The fourth-order valence-corrected chi connectivity index (χ4v) is 3.61. The van der Waals surface area contributed by atoms with Crippen LogP contribution in [0.15, 0.2) is 16.5 Å². The maximum atomic E-state index is 5.70. The first-order chi connectivity index (χ1) is 8.31. The molecule has 1 aromatic rings. The Morgan fingerprint density at radius 3 is 2.82 bits per heavy atom. The lowest BCUT2D eigenvalue weighted by Gasteiger charge is -2.11. The van der Waals surface area contributed by atoms with Crippen LogP contribution >= 0.6 is 11.8 Å². The van der Waals surface area contributed by atoms with E-state index < -0.39 is 0 Å². The molecule has 2 nitrogen and oxygen atoms in total. The van der Waals surface area contributed by atoms with Crippen molar-refractivity contribution in [3.63, 3.8) is 0 Å². The van der Waals surface area contributed by atoms with Crippen LogP contribution in [0, 0.1) is 0 Å². The molecule has 2 unspecified atom stereocenters. The molecule has 1 fully saturated rings. The van der Waals surface area contributed by atoms with Gasteiger partial charge in [0.15, 0.2) is 0 Å². The Morgan fingerprint density at radius 2 is 2.12 bits per heavy atom. The molecule has 1 aromatic heterocycles. The molecule has 1 N–H and O–H groups in total. The molecule has 0 amide bonds. The molecule has 0 saturated heterocycles. The lowest BCUT2D eigenvalue weighted by atomic mass is 10.2. The van der Waals surface area contributed by atoms with Crippen molar-refractivity contribution in [1.29, 1.82) is 0 Å². The summed E-state index contributed by atoms with van der Waals surface area (Å²) in [7, 11) is 0. The average molecular weight is 253 g/mol. The Balaban J connectivity index is 1.72. The Kier molecular flexibility index (Phi) is 4.99. The minimum atomic E-state index is 0.689. The van der Waals surface area contributed by atoms with Gasteiger partial charge in [-0.3, -0.25) is 0 Å². The van der Waals surface area contributed by atoms with Crippen molar-refractivity contribution in [2.45, 2.75) is 57.4 Å². The minimum absolute atomic E-state index is 0.689. The highest BCUT2D eigenvalue weighted by Crippen LogP contribution is 2.29. The standard InChI is InChI=1S/C14H23NOS/c1-3-12-6-7-13(16-12)10-15-11-5-8-14(9-11)17-4-2/h6-7,11,14-15H,3-5,8-10H2,1-2H3. The van der Waals surface area contributed by atoms with Crippen LogP contribution < -0.4 is 5.32 Å². The van der Waals surface area contributed by atoms with Gasteiger partial charge in [-0.05, 0) is 37.1 Å². The first-order valence-corrected chi connectivity index (χ1v) is 7.79. The highest BCUT2D eigenvalue weighted by Gasteiger charge is 2.24. The lowest BCUT2D eigenvalue weighted by molar-refractivity contribution is 0.426. The molecular weight excluding hydrogens is 230 g/mol. The molecule has 0 spiro atoms. The van der Waals surface area contributed by atoms with Gasteiger partial charge in [0.25, 0.3) is 0 Å². The zero-order valence-corrected chi connectivity index (χ0v) is 11.7. The molecule has 0 bridgehead atoms. The van der Waals surface area contributed by atoms with E-state index in [0.717, 1.165) is 29.7 Å². The van der Waals surface area contributed by atoms with Gasteiger partial charge in [0.2, 0.25) is 0 Å². The van der Waals surface area contributed by atoms with Crippen molar-refractivity contribution in [2.75, 3.05) is 5.75 Å². The number of aryl methyl sites for hydroxylation is 1. The molecule has 17 heavy (non-hydrogen) atoms. The van der Waals surface area contributed by atoms with E-state index in [-0.39, 0.29) is 0 Å². The number of hydrogen-bond donors (Lipinski definition) is 1. The Hall–Kier alpha value is -0.410. The second-order valence-corrected chi connectivity index (χ2v) is 6.27. The zero-order chi connectivity index (χ0) is 12.1. The lowest BCUT2D eigenvalue weighted by Crippen LogP contribution is -2.25. The second-order valence-electron chi connectivity index (χ2n) is 4.69. The van der Waals surface area contributed by atoms with Crippen LogP contribution in [0.25, 0.3) is 0 Å². The normalized spacial score (nSPS) is 24.4. The topological polar surface area (TPSA) is 25.2 Å². The van der Waals surface area contributed by atoms with Crippen molar-refractivity contribution < 1.29 is 4.42 Å². The third-order valence-corrected chi connectivity index (χ3v) is 4.65. The van der Waals surface area contributed by atoms with Crippen molar-refractivity contribution in [3.05, 3.63) is 23.7 Å². The number of nitrogens with one attached hydrogen (secondary N) is 1. The predicted octanol–water partition coefficient (Wildman–Crippen LogP) is 3.61. The van der Waals surface area contributed by atoms with E-state index in [1.807, 2.05) is 0 Å². The molecule has 96 valence electrons. The van der Waals surface area contributed by atoms with Crippen LogP contribution in [0.3, 0.4) is 0 Å². The molecule has 1 aliphatic carbocycles. The third kappa shape index (κ3) is 3.78. The molecule has 2 rings (SSSR count). The van der Waals surface area contributed by atoms with Crippen molar-refractivity contribution in [3.8, 4) is 0 Å². The number of thioether (sulfide) groups is 1. The van der Waals surface area contributed by atoms with Crippen LogP contribution in [0.5, 0.6) is 0 Å². The molecule has 1 saturated carbocycles. The Labute approximate surface area is 109 Å². The van der Waals surface area contributed by atoms with Gasteiger partial charge < -0.3 is 9.73 Å². The van der Waals surface area contributed by atoms with Gasteiger partial charge >= 0.3 is 0 Å². The van der Waals surface area contributed by atoms with Gasteiger partial charge in [0, 0.05) is 17.7 Å². The fraction of sp³-hybridized carbons (Fsp3) is 0.714. The van der Waals surface area contributed by atoms with Crippen molar-refractivity contribution in [2.24, 2.45) is 0 Å². The van der Waals surface area contributed by atoms with E-state index in [0.29, 0.717) is 6.04 Å². The fourth-order valence-electron chi connectivity index (χ4n) is 2.46. The molecular formula is C14H23NOS. The van der Waals surface area contributed by atoms with Crippen LogP contribution in [0.2, 0.25) is 0 Å². The SMILES string of the molecule is CCSC1CCC(NCc2ccc(CC)o2)C1. The molecule has 3 heteroatoms. The van der Waals surface area contributed by atoms with Gasteiger partial charge in [-0.1, -0.05) is 13.8 Å². The highest BCUT2D eigenvalue weighted by molar-refractivity contribution is 7.99. The quantitative estimate of drug-likeness (QED) is 0.838. The van der Waals surface area contributed by atoms with E-state index in [4.69, 9.17) is 4.42 Å². The van der Waals surface area contributed by atoms with E-state index in [2.05, 4.69) is 43.1 Å². The highest BCUT2D eigenvalue weighted by atomic mass is 32.2. The van der Waals surface area contributed by atoms with E-state index in [9.17, 15) is 0 Å². The summed E-state index contributed by atoms with van der Waals surface area (Å²) < 4.78 is 5.70. The Bertz CT molecular complexity index is 337. The van der Waals surface area contributed by atoms with E-state index >= 15 is 0 Å². The number of furan rings is 1. The van der Waals surface area contributed by atoms with Crippen LogP contribution in [-0.2, 0) is 13.0 Å². The Morgan fingerprint density at radius 1 is 1.29 bits per heavy atom. The second kappa shape index (κ2) is 6.50. The van der Waals surface area contributed by atoms with E-state index in [1.165, 1.54) is 25.0 Å². The number of rotatable bonds is 6. The molecule has 2 atom stereocenters. The number of hydrogen-bond acceptors (Lipinski definition) is 3. The summed E-state index contributed by atoms with van der Waals surface area (Å²) in [5, 5.41) is 4.49. The zero-order valence-electron chi connectivity index (χ0n) is 10.9. The summed E-state index contributed by atoms with van der Waals surface area (Å²) in [6.45, 7) is 5.26. The summed E-state index contributed by atoms with van der Waals surface area (Å²) in [5.41, 5.74) is 0. The van der Waals surface area contributed by atoms with E-state index in [1.54, 1.807) is 0 Å². The molecule has 1 heterocycles. The van der Waals surface area contributed by atoms with Crippen LogP contribution in [0.4, 0.5) is 0 Å². The first kappa shape index (κ1) is 13.0. The van der Waals surface area contributed by atoms with Crippen LogP contribution in [0.1, 0.15) is 44.6 Å². The first-order valence-electron chi connectivity index (χ1n) is 6.74. The monoisotopic (exact) mass is 253 g/mol. The molecule has 0 radical (unpaired) electrons.